The van der Waals surface area contributed by atoms with Crippen molar-refractivity contribution in [1.82, 2.24) is 10.3 Å². The van der Waals surface area contributed by atoms with Crippen LogP contribution in [0.4, 0.5) is 0 Å². The van der Waals surface area contributed by atoms with Crippen molar-refractivity contribution in [3.05, 3.63) is 21.4 Å². The first kappa shape index (κ1) is 15.5. The maximum Gasteiger partial charge on any atom is 0.275 e. The van der Waals surface area contributed by atoms with E-state index in [1.807, 2.05) is 6.07 Å². The van der Waals surface area contributed by atoms with Crippen LogP contribution in [0.25, 0.3) is 0 Å². The summed E-state index contributed by atoms with van der Waals surface area (Å²) < 4.78 is 0. The fourth-order valence-electron chi connectivity index (χ4n) is 3.03. The summed E-state index contributed by atoms with van der Waals surface area (Å²) in [4.78, 5) is 15.8. The molecule has 0 spiro atoms. The molecule has 5 heteroatoms. The van der Waals surface area contributed by atoms with Gasteiger partial charge in [0.2, 0.25) is 0 Å². The number of nitrogens with one attached hydrogen (secondary N) is 1. The molecule has 0 unspecified atom stereocenters. The summed E-state index contributed by atoms with van der Waals surface area (Å²) in [6, 6.07) is 1.97. The Balaban J connectivity index is 1.91. The number of hydrazine groups is 1. The molecule has 4 nitrogen and oxygen atoms in total. The second-order valence-electron chi connectivity index (χ2n) is 5.87. The summed E-state index contributed by atoms with van der Waals surface area (Å²) in [6.07, 6.45) is 6.91. The zero-order chi connectivity index (χ0) is 14.5. The lowest BCUT2D eigenvalue weighted by Gasteiger charge is -2.27. The van der Waals surface area contributed by atoms with Crippen molar-refractivity contribution >= 4 is 17.2 Å². The smallest absolute Gasteiger partial charge is 0.275 e. The average molecular weight is 295 g/mol. The highest BCUT2D eigenvalue weighted by Gasteiger charge is 2.17. The third kappa shape index (κ3) is 4.04. The maximum absolute atomic E-state index is 11.5. The van der Waals surface area contributed by atoms with Crippen LogP contribution in [-0.4, -0.2) is 24.4 Å². The molecule has 1 aromatic rings. The van der Waals surface area contributed by atoms with Gasteiger partial charge in [0.15, 0.2) is 0 Å². The summed E-state index contributed by atoms with van der Waals surface area (Å²) >= 11 is 1.52. The molecule has 0 radical (unpaired) electrons. The van der Waals surface area contributed by atoms with Crippen molar-refractivity contribution in [2.24, 2.45) is 11.8 Å². The van der Waals surface area contributed by atoms with E-state index < -0.39 is 0 Å². The zero-order valence-corrected chi connectivity index (χ0v) is 13.3. The van der Waals surface area contributed by atoms with E-state index in [-0.39, 0.29) is 5.91 Å². The van der Waals surface area contributed by atoms with Gasteiger partial charge in [0.1, 0.15) is 0 Å². The van der Waals surface area contributed by atoms with Gasteiger partial charge in [-0.15, -0.1) is 11.3 Å². The molecule has 1 fully saturated rings. The number of hydrogen-bond acceptors (Lipinski definition) is 4. The predicted molar refractivity (Wildman–Crippen MR) is 83.6 cm³/mol. The molecule has 0 bridgehead atoms. The van der Waals surface area contributed by atoms with E-state index in [0.717, 1.165) is 19.0 Å². The van der Waals surface area contributed by atoms with Crippen LogP contribution >= 0.6 is 11.3 Å². The molecular weight excluding hydrogens is 270 g/mol. The Morgan fingerprint density at radius 2 is 2.15 bits per heavy atom. The summed E-state index contributed by atoms with van der Waals surface area (Å²) in [5.74, 6) is 5.84. The van der Waals surface area contributed by atoms with Crippen LogP contribution in [0.3, 0.4) is 0 Å². The summed E-state index contributed by atoms with van der Waals surface area (Å²) in [5, 5.41) is 0. The zero-order valence-electron chi connectivity index (χ0n) is 12.4. The molecule has 1 heterocycles. The quantitative estimate of drug-likeness (QED) is 0.499. The number of nitrogens with zero attached hydrogens (tertiary/aromatic N) is 1. The number of aryl methyl sites for hydroxylation is 1. The Labute approximate surface area is 125 Å². The Morgan fingerprint density at radius 1 is 1.45 bits per heavy atom. The van der Waals surface area contributed by atoms with Gasteiger partial charge in [-0.05, 0) is 44.4 Å². The molecule has 1 amide bonds. The normalized spacial score (nSPS) is 16.6. The van der Waals surface area contributed by atoms with Gasteiger partial charge in [0.05, 0.1) is 4.88 Å². The lowest BCUT2D eigenvalue weighted by atomic mass is 9.89. The lowest BCUT2D eigenvalue weighted by molar-refractivity contribution is 0.0957. The van der Waals surface area contributed by atoms with Crippen molar-refractivity contribution in [3.63, 3.8) is 0 Å². The number of thiophene rings is 1. The maximum atomic E-state index is 11.5. The molecule has 0 atom stereocenters. The highest BCUT2D eigenvalue weighted by atomic mass is 32.1. The molecule has 3 N–H and O–H groups in total. The Morgan fingerprint density at radius 3 is 2.80 bits per heavy atom. The SMILES string of the molecule is Cc1sc(C(=O)NN)cc1CN(C)CC1CCCCC1. The first-order chi connectivity index (χ1) is 9.60. The molecule has 1 aliphatic rings. The van der Waals surface area contributed by atoms with E-state index in [0.29, 0.717) is 4.88 Å². The fraction of sp³-hybridized carbons (Fsp3) is 0.667. The standard InChI is InChI=1S/C15H25N3OS/c1-11-13(8-14(20-11)15(19)17-16)10-18(2)9-12-6-4-3-5-7-12/h8,12H,3-7,9-10,16H2,1-2H3,(H,17,19). The minimum absolute atomic E-state index is 0.195. The third-order valence-electron chi connectivity index (χ3n) is 4.11. The summed E-state index contributed by atoms with van der Waals surface area (Å²) in [7, 11) is 2.17. The Kier molecular flexibility index (Phi) is 5.57. The van der Waals surface area contributed by atoms with Crippen LogP contribution in [0.5, 0.6) is 0 Å². The van der Waals surface area contributed by atoms with Crippen molar-refractivity contribution < 1.29 is 4.79 Å². The largest absolute Gasteiger partial charge is 0.302 e. The van der Waals surface area contributed by atoms with Crippen LogP contribution in [-0.2, 0) is 6.54 Å². The van der Waals surface area contributed by atoms with Gasteiger partial charge in [-0.1, -0.05) is 19.3 Å². The first-order valence-corrected chi connectivity index (χ1v) is 8.20. The van der Waals surface area contributed by atoms with E-state index >= 15 is 0 Å². The topological polar surface area (TPSA) is 58.4 Å². The number of amides is 1. The highest BCUT2D eigenvalue weighted by Crippen LogP contribution is 2.26. The minimum Gasteiger partial charge on any atom is -0.302 e. The first-order valence-electron chi connectivity index (χ1n) is 7.39. The van der Waals surface area contributed by atoms with Crippen LogP contribution in [0, 0.1) is 12.8 Å². The highest BCUT2D eigenvalue weighted by molar-refractivity contribution is 7.14. The summed E-state index contributed by atoms with van der Waals surface area (Å²) in [5.41, 5.74) is 3.44. The number of hydrogen-bond donors (Lipinski definition) is 2. The van der Waals surface area contributed by atoms with Gasteiger partial charge in [0.25, 0.3) is 5.91 Å². The Hall–Kier alpha value is -0.910. The van der Waals surface area contributed by atoms with Gasteiger partial charge in [-0.3, -0.25) is 10.2 Å². The monoisotopic (exact) mass is 295 g/mol. The van der Waals surface area contributed by atoms with Gasteiger partial charge >= 0.3 is 0 Å². The lowest BCUT2D eigenvalue weighted by Crippen LogP contribution is -2.29. The number of carbonyl (C=O) groups is 1. The second-order valence-corrected chi connectivity index (χ2v) is 7.12. The summed E-state index contributed by atoms with van der Waals surface area (Å²) in [6.45, 7) is 4.14. The fourth-order valence-corrected chi connectivity index (χ4v) is 3.96. The van der Waals surface area contributed by atoms with E-state index in [1.165, 1.54) is 53.9 Å². The molecule has 0 aromatic carbocycles. The van der Waals surface area contributed by atoms with Gasteiger partial charge < -0.3 is 4.90 Å². The number of nitrogen functional groups attached to an aromatic ring is 1. The molecular formula is C15H25N3OS. The third-order valence-corrected chi connectivity index (χ3v) is 5.20. The molecule has 0 aliphatic heterocycles. The molecule has 1 aliphatic carbocycles. The molecule has 1 aromatic heterocycles. The van der Waals surface area contributed by atoms with Crippen LogP contribution in [0.15, 0.2) is 6.07 Å². The van der Waals surface area contributed by atoms with E-state index in [9.17, 15) is 4.79 Å². The van der Waals surface area contributed by atoms with Crippen LogP contribution in [0.1, 0.15) is 52.2 Å². The molecule has 112 valence electrons. The second kappa shape index (κ2) is 7.20. The van der Waals surface area contributed by atoms with Crippen molar-refractivity contribution in [2.45, 2.75) is 45.6 Å². The van der Waals surface area contributed by atoms with Crippen molar-refractivity contribution in [1.29, 1.82) is 0 Å². The van der Waals surface area contributed by atoms with E-state index in [1.54, 1.807) is 0 Å². The Bertz CT molecular complexity index is 452. The molecule has 0 saturated heterocycles. The van der Waals surface area contributed by atoms with E-state index in [2.05, 4.69) is 24.3 Å². The average Bonchev–Trinajstić information content (AvgIpc) is 2.80. The van der Waals surface area contributed by atoms with Crippen molar-refractivity contribution in [3.8, 4) is 0 Å². The van der Waals surface area contributed by atoms with Crippen LogP contribution < -0.4 is 11.3 Å². The number of nitrogens with two attached hydrogens (primary N) is 1. The predicted octanol–water partition coefficient (Wildman–Crippen LogP) is 2.67. The minimum atomic E-state index is -0.195. The molecule has 2 rings (SSSR count). The number of rotatable bonds is 5. The van der Waals surface area contributed by atoms with Gasteiger partial charge in [0, 0.05) is 18.0 Å². The van der Waals surface area contributed by atoms with E-state index in [4.69, 9.17) is 5.84 Å². The van der Waals surface area contributed by atoms with Gasteiger partial charge in [-0.25, -0.2) is 5.84 Å². The van der Waals surface area contributed by atoms with Crippen molar-refractivity contribution in [2.75, 3.05) is 13.6 Å². The molecule has 1 saturated carbocycles. The van der Waals surface area contributed by atoms with Gasteiger partial charge in [-0.2, -0.15) is 0 Å². The number of carbonyl (C=O) groups excluding carboxylic acids is 1. The molecule has 20 heavy (non-hydrogen) atoms. The van der Waals surface area contributed by atoms with Crippen LogP contribution in [0.2, 0.25) is 0 Å².